The van der Waals surface area contributed by atoms with E-state index in [9.17, 15) is 0 Å². The Bertz CT molecular complexity index is 932. The van der Waals surface area contributed by atoms with Crippen molar-refractivity contribution in [1.29, 1.82) is 0 Å². The molecule has 0 saturated carbocycles. The first-order valence-corrected chi connectivity index (χ1v) is 9.25. The first-order chi connectivity index (χ1) is 14.1. The molecule has 0 saturated heterocycles. The van der Waals surface area contributed by atoms with Gasteiger partial charge < -0.3 is 24.8 Å². The van der Waals surface area contributed by atoms with Crippen molar-refractivity contribution >= 4 is 17.5 Å². The van der Waals surface area contributed by atoms with Crippen molar-refractivity contribution in [2.75, 3.05) is 24.9 Å². The van der Waals surface area contributed by atoms with Gasteiger partial charge in [0.05, 0.1) is 26.5 Å². The van der Waals surface area contributed by atoms with Gasteiger partial charge in [-0.15, -0.1) is 5.10 Å². The third-order valence-electron chi connectivity index (χ3n) is 3.96. The molecular formula is C21H25N5O3. The van der Waals surface area contributed by atoms with E-state index in [0.29, 0.717) is 29.8 Å². The minimum absolute atomic E-state index is 0.138. The summed E-state index contributed by atoms with van der Waals surface area (Å²) in [6.07, 6.45) is 1.71. The molecular weight excluding hydrogens is 370 g/mol. The molecule has 1 aromatic heterocycles. The highest BCUT2D eigenvalue weighted by Crippen LogP contribution is 2.27. The molecule has 8 nitrogen and oxygen atoms in total. The highest BCUT2D eigenvalue weighted by atomic mass is 16.5. The Labute approximate surface area is 170 Å². The summed E-state index contributed by atoms with van der Waals surface area (Å²) in [7, 11) is 3.22. The molecule has 2 N–H and O–H groups in total. The number of benzene rings is 2. The molecule has 152 valence electrons. The molecule has 0 aliphatic rings. The van der Waals surface area contributed by atoms with Crippen molar-refractivity contribution in [3.63, 3.8) is 0 Å². The molecule has 8 heteroatoms. The number of aromatic nitrogens is 3. The monoisotopic (exact) mass is 395 g/mol. The van der Waals surface area contributed by atoms with Crippen LogP contribution in [-0.4, -0.2) is 35.5 Å². The Kier molecular flexibility index (Phi) is 6.67. The third-order valence-corrected chi connectivity index (χ3v) is 3.96. The van der Waals surface area contributed by atoms with Crippen LogP contribution >= 0.6 is 0 Å². The number of anilines is 3. The Hall–Kier alpha value is -3.55. The van der Waals surface area contributed by atoms with Gasteiger partial charge in [0.25, 0.3) is 0 Å². The maximum Gasteiger partial charge on any atom is 0.244 e. The molecule has 3 aromatic rings. The van der Waals surface area contributed by atoms with E-state index in [2.05, 4.69) is 25.8 Å². The fourth-order valence-electron chi connectivity index (χ4n) is 2.65. The first kappa shape index (κ1) is 20.2. The van der Waals surface area contributed by atoms with E-state index >= 15 is 0 Å². The molecule has 0 atom stereocenters. The molecule has 29 heavy (non-hydrogen) atoms. The molecule has 1 heterocycles. The van der Waals surface area contributed by atoms with Crippen molar-refractivity contribution in [2.45, 2.75) is 26.5 Å². The second-order valence-corrected chi connectivity index (χ2v) is 6.52. The van der Waals surface area contributed by atoms with Gasteiger partial charge in [0.15, 0.2) is 17.3 Å². The summed E-state index contributed by atoms with van der Waals surface area (Å²) in [5, 5.41) is 14.4. The van der Waals surface area contributed by atoms with E-state index in [4.69, 9.17) is 14.2 Å². The predicted octanol–water partition coefficient (Wildman–Crippen LogP) is 4.03. The highest BCUT2D eigenvalue weighted by molar-refractivity contribution is 5.57. The maximum absolute atomic E-state index is 5.65. The van der Waals surface area contributed by atoms with E-state index in [0.717, 1.165) is 17.0 Å². The van der Waals surface area contributed by atoms with E-state index < -0.39 is 0 Å². The molecule has 0 unspecified atom stereocenters. The van der Waals surface area contributed by atoms with Crippen LogP contribution in [0.15, 0.2) is 48.7 Å². The molecule has 0 bridgehead atoms. The summed E-state index contributed by atoms with van der Waals surface area (Å²) in [4.78, 5) is 4.45. The van der Waals surface area contributed by atoms with Gasteiger partial charge >= 0.3 is 0 Å². The lowest BCUT2D eigenvalue weighted by atomic mass is 10.2. The normalized spacial score (nSPS) is 10.5. The number of ether oxygens (including phenoxy) is 3. The zero-order chi connectivity index (χ0) is 20.6. The van der Waals surface area contributed by atoms with Crippen molar-refractivity contribution < 1.29 is 14.2 Å². The summed E-state index contributed by atoms with van der Waals surface area (Å²) in [5.74, 6) is 3.19. The van der Waals surface area contributed by atoms with E-state index in [-0.39, 0.29) is 6.10 Å². The van der Waals surface area contributed by atoms with Crippen LogP contribution in [0.3, 0.4) is 0 Å². The maximum atomic E-state index is 5.65. The second kappa shape index (κ2) is 9.59. The zero-order valence-electron chi connectivity index (χ0n) is 17.0. The Balaban J connectivity index is 1.62. The smallest absolute Gasteiger partial charge is 0.244 e. The van der Waals surface area contributed by atoms with Gasteiger partial charge in [0.2, 0.25) is 5.95 Å². The zero-order valence-corrected chi connectivity index (χ0v) is 17.0. The molecule has 0 aliphatic heterocycles. The topological polar surface area (TPSA) is 90.4 Å². The lowest BCUT2D eigenvalue weighted by molar-refractivity contribution is 0.242. The summed E-state index contributed by atoms with van der Waals surface area (Å²) >= 11 is 0. The second-order valence-electron chi connectivity index (χ2n) is 6.52. The molecule has 2 aromatic carbocycles. The van der Waals surface area contributed by atoms with E-state index in [1.807, 2.05) is 56.3 Å². The van der Waals surface area contributed by atoms with E-state index in [1.165, 1.54) is 0 Å². The Morgan fingerprint density at radius 2 is 1.72 bits per heavy atom. The summed E-state index contributed by atoms with van der Waals surface area (Å²) in [6.45, 7) is 4.51. The van der Waals surface area contributed by atoms with Gasteiger partial charge in [-0.2, -0.15) is 10.1 Å². The summed E-state index contributed by atoms with van der Waals surface area (Å²) in [6, 6.07) is 13.4. The standard InChI is InChI=1S/C21H25N5O3/c1-14(2)29-17-8-6-16(7-9-17)24-20-13-23-26-21(25-20)22-12-15-5-10-18(27-3)19(11-15)28-4/h5-11,13-14H,12H2,1-4H3,(H2,22,24,25,26). The minimum atomic E-state index is 0.138. The number of hydrogen-bond acceptors (Lipinski definition) is 8. The SMILES string of the molecule is COc1ccc(CNc2nncc(Nc3ccc(OC(C)C)cc3)n2)cc1OC. The van der Waals surface area contributed by atoms with E-state index in [1.54, 1.807) is 20.4 Å². The van der Waals surface area contributed by atoms with Gasteiger partial charge in [-0.25, -0.2) is 0 Å². The van der Waals surface area contributed by atoms with Crippen LogP contribution in [0.25, 0.3) is 0 Å². The van der Waals surface area contributed by atoms with Crippen LogP contribution < -0.4 is 24.8 Å². The van der Waals surface area contributed by atoms with Gasteiger partial charge in [-0.05, 0) is 55.8 Å². The number of rotatable bonds is 9. The largest absolute Gasteiger partial charge is 0.493 e. The number of nitrogens with zero attached hydrogens (tertiary/aromatic N) is 3. The van der Waals surface area contributed by atoms with Crippen molar-refractivity contribution in [3.8, 4) is 17.2 Å². The van der Waals surface area contributed by atoms with Crippen molar-refractivity contribution in [1.82, 2.24) is 15.2 Å². The molecule has 3 rings (SSSR count). The molecule has 0 spiro atoms. The predicted molar refractivity (Wildman–Crippen MR) is 112 cm³/mol. The Morgan fingerprint density at radius 1 is 0.966 bits per heavy atom. The quantitative estimate of drug-likeness (QED) is 0.561. The lowest BCUT2D eigenvalue weighted by Crippen LogP contribution is -2.07. The van der Waals surface area contributed by atoms with Crippen LogP contribution in [0.1, 0.15) is 19.4 Å². The summed E-state index contributed by atoms with van der Waals surface area (Å²) < 4.78 is 16.2. The molecule has 0 fully saturated rings. The Morgan fingerprint density at radius 3 is 2.41 bits per heavy atom. The van der Waals surface area contributed by atoms with Crippen molar-refractivity contribution in [2.24, 2.45) is 0 Å². The number of hydrogen-bond donors (Lipinski definition) is 2. The van der Waals surface area contributed by atoms with Crippen LogP contribution in [0.2, 0.25) is 0 Å². The fourth-order valence-corrected chi connectivity index (χ4v) is 2.65. The minimum Gasteiger partial charge on any atom is -0.493 e. The van der Waals surface area contributed by atoms with Gasteiger partial charge in [-0.3, -0.25) is 0 Å². The first-order valence-electron chi connectivity index (χ1n) is 9.25. The van der Waals surface area contributed by atoms with Gasteiger partial charge in [0.1, 0.15) is 5.75 Å². The van der Waals surface area contributed by atoms with Gasteiger partial charge in [-0.1, -0.05) is 6.07 Å². The average Bonchev–Trinajstić information content (AvgIpc) is 2.73. The molecule has 0 aliphatic carbocycles. The van der Waals surface area contributed by atoms with Crippen LogP contribution in [-0.2, 0) is 6.54 Å². The van der Waals surface area contributed by atoms with Crippen LogP contribution in [0.5, 0.6) is 17.2 Å². The van der Waals surface area contributed by atoms with Crippen molar-refractivity contribution in [3.05, 3.63) is 54.2 Å². The van der Waals surface area contributed by atoms with Gasteiger partial charge in [0, 0.05) is 12.2 Å². The molecule has 0 amide bonds. The number of methoxy groups -OCH3 is 2. The number of nitrogens with one attached hydrogen (secondary N) is 2. The van der Waals surface area contributed by atoms with Crippen LogP contribution in [0.4, 0.5) is 17.5 Å². The fraction of sp³-hybridized carbons (Fsp3) is 0.286. The third kappa shape index (κ3) is 5.71. The summed E-state index contributed by atoms with van der Waals surface area (Å²) in [5.41, 5.74) is 1.89. The average molecular weight is 395 g/mol. The lowest BCUT2D eigenvalue weighted by Gasteiger charge is -2.11. The molecule has 0 radical (unpaired) electrons. The van der Waals surface area contributed by atoms with Crippen LogP contribution in [0, 0.1) is 0 Å². The highest BCUT2D eigenvalue weighted by Gasteiger charge is 2.06.